The van der Waals surface area contributed by atoms with Gasteiger partial charge in [-0.25, -0.2) is 13.1 Å². The lowest BCUT2D eigenvalue weighted by Gasteiger charge is -2.08. The maximum absolute atomic E-state index is 11.9. The van der Waals surface area contributed by atoms with Crippen LogP contribution in [0.2, 0.25) is 0 Å². The monoisotopic (exact) mass is 266 g/mol. The molecule has 1 atom stereocenters. The largest absolute Gasteiger partial charge is 0.395 e. The van der Waals surface area contributed by atoms with E-state index in [2.05, 4.69) is 4.72 Å². The number of nitrogens with one attached hydrogen (secondary N) is 1. The molecule has 0 aromatic heterocycles. The van der Waals surface area contributed by atoms with Crippen LogP contribution in [0.5, 0.6) is 0 Å². The Kier molecular flexibility index (Phi) is 3.66. The van der Waals surface area contributed by atoms with Crippen molar-refractivity contribution in [1.29, 1.82) is 5.26 Å². The number of benzene rings is 1. The standard InChI is InChI=1S/C12H14N2O3S/c13-7-10(8-15)9-1-5-12(6-2-9)18(16,17)14-11-3-4-11/h1-2,5-6,10-11,14-15H,3-4,8H2. The molecular weight excluding hydrogens is 252 g/mol. The van der Waals surface area contributed by atoms with Crippen molar-refractivity contribution in [3.05, 3.63) is 29.8 Å². The van der Waals surface area contributed by atoms with Crippen molar-refractivity contribution < 1.29 is 13.5 Å². The highest BCUT2D eigenvalue weighted by Crippen LogP contribution is 2.23. The van der Waals surface area contributed by atoms with Gasteiger partial charge in [0.25, 0.3) is 0 Å². The van der Waals surface area contributed by atoms with Crippen LogP contribution in [-0.2, 0) is 10.0 Å². The average Bonchev–Trinajstić information content (AvgIpc) is 3.14. The number of rotatable bonds is 5. The molecule has 0 saturated heterocycles. The van der Waals surface area contributed by atoms with Crippen LogP contribution in [0.25, 0.3) is 0 Å². The number of nitrogens with zero attached hydrogens (tertiary/aromatic N) is 1. The smallest absolute Gasteiger partial charge is 0.240 e. The van der Waals surface area contributed by atoms with Crippen LogP contribution in [0.1, 0.15) is 24.3 Å². The Morgan fingerprint density at radius 3 is 2.44 bits per heavy atom. The van der Waals surface area contributed by atoms with E-state index in [-0.39, 0.29) is 17.5 Å². The van der Waals surface area contributed by atoms with Gasteiger partial charge in [0.1, 0.15) is 0 Å². The minimum absolute atomic E-state index is 0.0685. The molecule has 2 rings (SSSR count). The molecular formula is C12H14N2O3S. The highest BCUT2D eigenvalue weighted by molar-refractivity contribution is 7.89. The van der Waals surface area contributed by atoms with Crippen molar-refractivity contribution in [2.24, 2.45) is 0 Å². The zero-order valence-electron chi connectivity index (χ0n) is 9.70. The maximum Gasteiger partial charge on any atom is 0.240 e. The molecule has 1 aliphatic carbocycles. The van der Waals surface area contributed by atoms with E-state index < -0.39 is 15.9 Å². The van der Waals surface area contributed by atoms with Gasteiger partial charge in [-0.3, -0.25) is 0 Å². The lowest BCUT2D eigenvalue weighted by molar-refractivity contribution is 0.286. The number of hydrogen-bond acceptors (Lipinski definition) is 4. The minimum Gasteiger partial charge on any atom is -0.395 e. The van der Waals surface area contributed by atoms with Gasteiger partial charge in [-0.2, -0.15) is 5.26 Å². The molecule has 1 aromatic carbocycles. The van der Waals surface area contributed by atoms with E-state index in [1.54, 1.807) is 12.1 Å². The van der Waals surface area contributed by atoms with Gasteiger partial charge >= 0.3 is 0 Å². The summed E-state index contributed by atoms with van der Waals surface area (Å²) >= 11 is 0. The summed E-state index contributed by atoms with van der Waals surface area (Å²) in [6, 6.07) is 8.06. The van der Waals surface area contributed by atoms with E-state index in [1.165, 1.54) is 12.1 Å². The predicted molar refractivity (Wildman–Crippen MR) is 65.2 cm³/mol. The van der Waals surface area contributed by atoms with Crippen LogP contribution in [0.15, 0.2) is 29.2 Å². The topological polar surface area (TPSA) is 90.2 Å². The predicted octanol–water partition coefficient (Wildman–Crippen LogP) is 0.727. The quantitative estimate of drug-likeness (QED) is 0.822. The molecule has 6 heteroatoms. The fourth-order valence-corrected chi connectivity index (χ4v) is 2.89. The van der Waals surface area contributed by atoms with Crippen LogP contribution in [0.3, 0.4) is 0 Å². The second kappa shape index (κ2) is 5.06. The van der Waals surface area contributed by atoms with Gasteiger partial charge in [0.2, 0.25) is 10.0 Å². The first kappa shape index (κ1) is 13.0. The Morgan fingerprint density at radius 2 is 2.00 bits per heavy atom. The number of hydrogen-bond donors (Lipinski definition) is 2. The third-order valence-electron chi connectivity index (χ3n) is 2.83. The molecule has 0 heterocycles. The maximum atomic E-state index is 11.9. The molecule has 96 valence electrons. The van der Waals surface area contributed by atoms with Gasteiger partial charge in [-0.15, -0.1) is 0 Å². The normalized spacial score (nSPS) is 17.1. The molecule has 1 unspecified atom stereocenters. The summed E-state index contributed by atoms with van der Waals surface area (Å²) in [5, 5.41) is 17.8. The van der Waals surface area contributed by atoms with Gasteiger partial charge in [0.05, 0.1) is 23.5 Å². The first-order valence-corrected chi connectivity index (χ1v) is 7.18. The van der Waals surface area contributed by atoms with Crippen molar-refractivity contribution in [2.75, 3.05) is 6.61 Å². The van der Waals surface area contributed by atoms with Gasteiger partial charge in [0, 0.05) is 6.04 Å². The van der Waals surface area contributed by atoms with Crippen LogP contribution in [0, 0.1) is 11.3 Å². The van der Waals surface area contributed by atoms with Crippen molar-refractivity contribution in [1.82, 2.24) is 4.72 Å². The lowest BCUT2D eigenvalue weighted by Crippen LogP contribution is -2.25. The van der Waals surface area contributed by atoms with Crippen LogP contribution >= 0.6 is 0 Å². The van der Waals surface area contributed by atoms with E-state index in [0.717, 1.165) is 12.8 Å². The molecule has 0 aliphatic heterocycles. The summed E-state index contributed by atoms with van der Waals surface area (Å²) in [5.41, 5.74) is 0.616. The van der Waals surface area contributed by atoms with E-state index >= 15 is 0 Å². The molecule has 5 nitrogen and oxygen atoms in total. The molecule has 1 aliphatic rings. The first-order chi connectivity index (χ1) is 8.56. The Labute approximate surface area is 106 Å². The van der Waals surface area contributed by atoms with Crippen LogP contribution in [-0.4, -0.2) is 26.2 Å². The van der Waals surface area contributed by atoms with Gasteiger partial charge < -0.3 is 5.11 Å². The Morgan fingerprint density at radius 1 is 1.39 bits per heavy atom. The average molecular weight is 266 g/mol. The summed E-state index contributed by atoms with van der Waals surface area (Å²) in [7, 11) is -3.45. The molecule has 0 bridgehead atoms. The van der Waals surface area contributed by atoms with Crippen molar-refractivity contribution >= 4 is 10.0 Å². The minimum atomic E-state index is -3.45. The molecule has 0 amide bonds. The molecule has 18 heavy (non-hydrogen) atoms. The second-order valence-electron chi connectivity index (χ2n) is 4.33. The van der Waals surface area contributed by atoms with Gasteiger partial charge in [-0.1, -0.05) is 12.1 Å². The van der Waals surface area contributed by atoms with Crippen molar-refractivity contribution in [2.45, 2.75) is 29.7 Å². The third kappa shape index (κ3) is 2.88. The van der Waals surface area contributed by atoms with E-state index in [4.69, 9.17) is 10.4 Å². The van der Waals surface area contributed by atoms with Crippen molar-refractivity contribution in [3.8, 4) is 6.07 Å². The molecule has 1 aromatic rings. The van der Waals surface area contributed by atoms with Gasteiger partial charge in [0.15, 0.2) is 0 Å². The van der Waals surface area contributed by atoms with Gasteiger partial charge in [-0.05, 0) is 30.5 Å². The Balaban J connectivity index is 2.19. The molecule has 0 spiro atoms. The zero-order chi connectivity index (χ0) is 13.2. The molecule has 0 radical (unpaired) electrons. The summed E-state index contributed by atoms with van der Waals surface area (Å²) in [6.45, 7) is -0.275. The number of nitriles is 1. The summed E-state index contributed by atoms with van der Waals surface area (Å²) in [5.74, 6) is -0.613. The summed E-state index contributed by atoms with van der Waals surface area (Å²) < 4.78 is 26.3. The number of aliphatic hydroxyl groups excluding tert-OH is 1. The highest BCUT2D eigenvalue weighted by atomic mass is 32.2. The Bertz CT molecular complexity index is 556. The fourth-order valence-electron chi connectivity index (χ4n) is 1.59. The molecule has 1 fully saturated rings. The van der Waals surface area contributed by atoms with Crippen LogP contribution in [0.4, 0.5) is 0 Å². The van der Waals surface area contributed by atoms with E-state index in [1.807, 2.05) is 6.07 Å². The molecule has 2 N–H and O–H groups in total. The van der Waals surface area contributed by atoms with E-state index in [0.29, 0.717) is 5.56 Å². The van der Waals surface area contributed by atoms with Crippen molar-refractivity contribution in [3.63, 3.8) is 0 Å². The SMILES string of the molecule is N#CC(CO)c1ccc(S(=O)(=O)NC2CC2)cc1. The highest BCUT2D eigenvalue weighted by Gasteiger charge is 2.27. The van der Waals surface area contributed by atoms with E-state index in [9.17, 15) is 8.42 Å². The fraction of sp³-hybridized carbons (Fsp3) is 0.417. The lowest BCUT2D eigenvalue weighted by atomic mass is 10.0. The second-order valence-corrected chi connectivity index (χ2v) is 6.04. The number of aliphatic hydroxyl groups is 1. The Hall–Kier alpha value is -1.42. The number of sulfonamides is 1. The summed E-state index contributed by atoms with van der Waals surface area (Å²) in [6.07, 6.45) is 1.77. The zero-order valence-corrected chi connectivity index (χ0v) is 10.5. The summed E-state index contributed by atoms with van der Waals surface area (Å²) in [4.78, 5) is 0.188. The molecule has 1 saturated carbocycles. The van der Waals surface area contributed by atoms with Crippen LogP contribution < -0.4 is 4.72 Å². The first-order valence-electron chi connectivity index (χ1n) is 5.69. The third-order valence-corrected chi connectivity index (χ3v) is 4.37.